The fourth-order valence-electron chi connectivity index (χ4n) is 2.18. The largest absolute Gasteiger partial charge is 0.497 e. The molecule has 0 aliphatic heterocycles. The predicted molar refractivity (Wildman–Crippen MR) is 80.4 cm³/mol. The molecule has 2 nitrogen and oxygen atoms in total. The number of methoxy groups -OCH3 is 1. The highest BCUT2D eigenvalue weighted by Crippen LogP contribution is 2.28. The van der Waals surface area contributed by atoms with Crippen molar-refractivity contribution in [2.75, 3.05) is 13.7 Å². The summed E-state index contributed by atoms with van der Waals surface area (Å²) < 4.78 is 19.2. The average Bonchev–Trinajstić information content (AvgIpc) is 2.48. The fraction of sp³-hybridized carbons (Fsp3) is 0.294. The third kappa shape index (κ3) is 3.36. The minimum absolute atomic E-state index is 0.257. The van der Waals surface area contributed by atoms with Gasteiger partial charge in [-0.2, -0.15) is 0 Å². The molecule has 3 heteroatoms. The van der Waals surface area contributed by atoms with Gasteiger partial charge in [0.2, 0.25) is 0 Å². The number of halogens is 1. The van der Waals surface area contributed by atoms with Crippen LogP contribution in [-0.4, -0.2) is 13.7 Å². The van der Waals surface area contributed by atoms with E-state index in [1.54, 1.807) is 12.1 Å². The summed E-state index contributed by atoms with van der Waals surface area (Å²) in [6.45, 7) is 3.83. The number of rotatable bonds is 6. The van der Waals surface area contributed by atoms with Crippen LogP contribution >= 0.6 is 0 Å². The number of hydrogen-bond acceptors (Lipinski definition) is 2. The molecule has 0 aliphatic carbocycles. The molecule has 0 aliphatic rings. The van der Waals surface area contributed by atoms with Gasteiger partial charge in [-0.15, -0.1) is 0 Å². The summed E-state index contributed by atoms with van der Waals surface area (Å²) >= 11 is 0. The van der Waals surface area contributed by atoms with E-state index in [2.05, 4.69) is 12.2 Å². The summed E-state index contributed by atoms with van der Waals surface area (Å²) in [5.41, 5.74) is 2.64. The zero-order valence-electron chi connectivity index (χ0n) is 11.9. The van der Waals surface area contributed by atoms with E-state index in [1.807, 2.05) is 24.3 Å². The zero-order valence-corrected chi connectivity index (χ0v) is 11.9. The van der Waals surface area contributed by atoms with E-state index in [-0.39, 0.29) is 5.82 Å². The molecule has 0 spiro atoms. The van der Waals surface area contributed by atoms with Crippen LogP contribution < -0.4 is 10.1 Å². The molecule has 0 saturated heterocycles. The van der Waals surface area contributed by atoms with Crippen molar-refractivity contribution >= 4 is 0 Å². The summed E-state index contributed by atoms with van der Waals surface area (Å²) in [5.74, 6) is 0.278. The molecule has 0 unspecified atom stereocenters. The van der Waals surface area contributed by atoms with Crippen LogP contribution in [0.1, 0.15) is 18.9 Å². The Morgan fingerprint density at radius 3 is 2.60 bits per heavy atom. The highest BCUT2D eigenvalue weighted by molar-refractivity contribution is 5.68. The van der Waals surface area contributed by atoms with Gasteiger partial charge in [0.25, 0.3) is 0 Å². The highest BCUT2D eigenvalue weighted by atomic mass is 19.1. The molecule has 0 fully saturated rings. The second-order valence-electron chi connectivity index (χ2n) is 4.68. The minimum Gasteiger partial charge on any atom is -0.497 e. The maximum Gasteiger partial charge on any atom is 0.134 e. The van der Waals surface area contributed by atoms with Crippen molar-refractivity contribution in [1.29, 1.82) is 0 Å². The molecule has 0 radical (unpaired) electrons. The van der Waals surface area contributed by atoms with E-state index in [9.17, 15) is 4.39 Å². The maximum absolute atomic E-state index is 14.2. The van der Waals surface area contributed by atoms with E-state index in [4.69, 9.17) is 4.74 Å². The van der Waals surface area contributed by atoms with E-state index in [1.165, 1.54) is 13.2 Å². The first kappa shape index (κ1) is 14.5. The molecule has 2 aromatic rings. The Morgan fingerprint density at radius 1 is 1.10 bits per heavy atom. The third-order valence-corrected chi connectivity index (χ3v) is 3.23. The predicted octanol–water partition coefficient (Wildman–Crippen LogP) is 4.00. The first-order valence-corrected chi connectivity index (χ1v) is 6.88. The van der Waals surface area contributed by atoms with Crippen molar-refractivity contribution < 1.29 is 9.13 Å². The Labute approximate surface area is 119 Å². The minimum atomic E-state index is -0.257. The van der Waals surface area contributed by atoms with Crippen LogP contribution in [0.2, 0.25) is 0 Å². The van der Waals surface area contributed by atoms with Crippen molar-refractivity contribution in [2.45, 2.75) is 19.9 Å². The average molecular weight is 273 g/mol. The van der Waals surface area contributed by atoms with Crippen molar-refractivity contribution in [2.24, 2.45) is 0 Å². The Balaban J connectivity index is 2.32. The van der Waals surface area contributed by atoms with Gasteiger partial charge in [-0.3, -0.25) is 0 Å². The van der Waals surface area contributed by atoms with Gasteiger partial charge in [-0.1, -0.05) is 31.2 Å². The van der Waals surface area contributed by atoms with E-state index in [0.717, 1.165) is 30.6 Å². The van der Waals surface area contributed by atoms with Crippen LogP contribution in [0, 0.1) is 5.82 Å². The van der Waals surface area contributed by atoms with Crippen molar-refractivity contribution in [3.63, 3.8) is 0 Å². The second kappa shape index (κ2) is 7.06. The molecule has 106 valence electrons. The number of hydrogen-bond donors (Lipinski definition) is 1. The molecule has 1 N–H and O–H groups in total. The molecular formula is C17H20FNO. The number of benzene rings is 2. The van der Waals surface area contributed by atoms with Crippen molar-refractivity contribution in [3.8, 4) is 16.9 Å². The zero-order chi connectivity index (χ0) is 14.4. The number of nitrogens with one attached hydrogen (secondary N) is 1. The Morgan fingerprint density at radius 2 is 1.90 bits per heavy atom. The third-order valence-electron chi connectivity index (χ3n) is 3.23. The van der Waals surface area contributed by atoms with Gasteiger partial charge in [0.1, 0.15) is 11.6 Å². The number of ether oxygens (including phenoxy) is 1. The van der Waals surface area contributed by atoms with Crippen LogP contribution in [-0.2, 0) is 6.54 Å². The molecule has 0 aromatic heterocycles. The smallest absolute Gasteiger partial charge is 0.134 e. The lowest BCUT2D eigenvalue weighted by molar-refractivity contribution is 0.411. The SMILES string of the molecule is CCCNCc1ccccc1-c1ccc(OC)cc1F. The molecule has 2 aromatic carbocycles. The molecule has 0 amide bonds. The van der Waals surface area contributed by atoms with E-state index < -0.39 is 0 Å². The standard InChI is InChI=1S/C17H20FNO/c1-3-10-19-12-13-6-4-5-7-15(13)16-9-8-14(20-2)11-17(16)18/h4-9,11,19H,3,10,12H2,1-2H3. The summed E-state index contributed by atoms with van der Waals surface area (Å²) in [6, 6.07) is 12.9. The summed E-state index contributed by atoms with van der Waals surface area (Å²) in [5, 5.41) is 3.36. The molecule has 0 saturated carbocycles. The van der Waals surface area contributed by atoms with Crippen LogP contribution in [0.3, 0.4) is 0 Å². The molecule has 0 heterocycles. The Kier molecular flexibility index (Phi) is 5.13. The van der Waals surface area contributed by atoms with Gasteiger partial charge >= 0.3 is 0 Å². The lowest BCUT2D eigenvalue weighted by Crippen LogP contribution is -2.14. The lowest BCUT2D eigenvalue weighted by Gasteiger charge is -2.12. The fourth-order valence-corrected chi connectivity index (χ4v) is 2.18. The summed E-state index contributed by atoms with van der Waals surface area (Å²) in [4.78, 5) is 0. The monoisotopic (exact) mass is 273 g/mol. The van der Waals surface area contributed by atoms with Gasteiger partial charge in [-0.05, 0) is 36.2 Å². The van der Waals surface area contributed by atoms with Gasteiger partial charge < -0.3 is 10.1 Å². The lowest BCUT2D eigenvalue weighted by atomic mass is 9.99. The normalized spacial score (nSPS) is 10.6. The maximum atomic E-state index is 14.2. The van der Waals surface area contributed by atoms with Crippen LogP contribution in [0.25, 0.3) is 11.1 Å². The quantitative estimate of drug-likeness (QED) is 0.803. The van der Waals surface area contributed by atoms with Crippen LogP contribution in [0.5, 0.6) is 5.75 Å². The van der Waals surface area contributed by atoms with Crippen molar-refractivity contribution in [3.05, 3.63) is 53.8 Å². The van der Waals surface area contributed by atoms with Gasteiger partial charge in [0.05, 0.1) is 7.11 Å². The van der Waals surface area contributed by atoms with Gasteiger partial charge in [-0.25, -0.2) is 4.39 Å². The second-order valence-corrected chi connectivity index (χ2v) is 4.68. The molecular weight excluding hydrogens is 253 g/mol. The highest BCUT2D eigenvalue weighted by Gasteiger charge is 2.10. The molecule has 0 atom stereocenters. The van der Waals surface area contributed by atoms with Gasteiger partial charge in [0, 0.05) is 18.2 Å². The first-order valence-electron chi connectivity index (χ1n) is 6.88. The van der Waals surface area contributed by atoms with Gasteiger partial charge in [0.15, 0.2) is 0 Å². The van der Waals surface area contributed by atoms with Crippen molar-refractivity contribution in [1.82, 2.24) is 5.32 Å². The molecule has 2 rings (SSSR count). The summed E-state index contributed by atoms with van der Waals surface area (Å²) in [6.07, 6.45) is 1.08. The first-order chi connectivity index (χ1) is 9.76. The molecule has 0 bridgehead atoms. The van der Waals surface area contributed by atoms with E-state index >= 15 is 0 Å². The molecule has 20 heavy (non-hydrogen) atoms. The topological polar surface area (TPSA) is 21.3 Å². The van der Waals surface area contributed by atoms with E-state index in [0.29, 0.717) is 11.3 Å². The van der Waals surface area contributed by atoms with Crippen LogP contribution in [0.4, 0.5) is 4.39 Å². The van der Waals surface area contributed by atoms with Crippen LogP contribution in [0.15, 0.2) is 42.5 Å². The summed E-state index contributed by atoms with van der Waals surface area (Å²) in [7, 11) is 1.54. The Hall–Kier alpha value is -1.87. The Bertz CT molecular complexity index is 569.